The molecule has 0 unspecified atom stereocenters. The van der Waals surface area contributed by atoms with Crippen LogP contribution in [0.15, 0.2) is 39.9 Å². The van der Waals surface area contributed by atoms with Crippen molar-refractivity contribution in [3.05, 3.63) is 69.6 Å². The van der Waals surface area contributed by atoms with Crippen molar-refractivity contribution in [3.8, 4) is 0 Å². The molecule has 0 aliphatic carbocycles. The highest BCUT2D eigenvalue weighted by Gasteiger charge is 2.31. The largest absolute Gasteiger partial charge is 0.373 e. The fourth-order valence-corrected chi connectivity index (χ4v) is 3.82. The quantitative estimate of drug-likeness (QED) is 0.512. The fourth-order valence-electron chi connectivity index (χ4n) is 3.82. The van der Waals surface area contributed by atoms with E-state index in [2.05, 4.69) is 51.3 Å². The lowest BCUT2D eigenvalue weighted by Gasteiger charge is -2.09. The van der Waals surface area contributed by atoms with E-state index in [1.54, 1.807) is 14.0 Å². The van der Waals surface area contributed by atoms with Crippen molar-refractivity contribution in [2.45, 2.75) is 38.8 Å². The third kappa shape index (κ3) is 3.21. The van der Waals surface area contributed by atoms with Crippen LogP contribution >= 0.6 is 0 Å². The summed E-state index contributed by atoms with van der Waals surface area (Å²) in [5, 5.41) is 4.13. The molecule has 4 heterocycles. The topological polar surface area (TPSA) is 101 Å². The van der Waals surface area contributed by atoms with Crippen LogP contribution in [0, 0.1) is 13.8 Å². The van der Waals surface area contributed by atoms with Gasteiger partial charge in [0.15, 0.2) is 17.0 Å². The molecule has 0 N–H and O–H groups in total. The van der Waals surface area contributed by atoms with Gasteiger partial charge in [-0.15, -0.1) is 0 Å². The number of aromatic nitrogens is 6. The highest BCUT2D eigenvalue weighted by molar-refractivity contribution is 5.69. The average molecular weight is 407 g/mol. The number of aryl methyl sites for hydroxylation is 3. The van der Waals surface area contributed by atoms with Crippen molar-refractivity contribution >= 4 is 11.2 Å². The van der Waals surface area contributed by atoms with E-state index in [4.69, 9.17) is 10.6 Å². The van der Waals surface area contributed by atoms with Gasteiger partial charge in [-0.3, -0.25) is 9.36 Å². The van der Waals surface area contributed by atoms with Gasteiger partial charge >= 0.3 is 0 Å². The lowest BCUT2D eigenvalue weighted by Crippen LogP contribution is -2.25. The lowest BCUT2D eigenvalue weighted by atomic mass is 9.99. The van der Waals surface area contributed by atoms with Crippen molar-refractivity contribution in [3.63, 3.8) is 0 Å². The van der Waals surface area contributed by atoms with Gasteiger partial charge in [0.05, 0.1) is 19.0 Å². The van der Waals surface area contributed by atoms with Crippen LogP contribution in [0.2, 0.25) is 0 Å². The van der Waals surface area contributed by atoms with Crippen molar-refractivity contribution < 1.29 is 10.6 Å². The van der Waals surface area contributed by atoms with Gasteiger partial charge in [0.2, 0.25) is 5.89 Å². The summed E-state index contributed by atoms with van der Waals surface area (Å²) in [7, 11) is 1.62. The molecule has 30 heavy (non-hydrogen) atoms. The molecule has 1 aromatic carbocycles. The van der Waals surface area contributed by atoms with Crippen molar-refractivity contribution in [2.24, 2.45) is 7.05 Å². The van der Waals surface area contributed by atoms with Gasteiger partial charge in [-0.2, -0.15) is 4.98 Å². The number of rotatable bonds is 4. The molecule has 0 radical (unpaired) electrons. The van der Waals surface area contributed by atoms with Gasteiger partial charge in [-0.05, 0) is 25.8 Å². The van der Waals surface area contributed by atoms with Gasteiger partial charge < -0.3 is 13.8 Å². The Bertz CT molecular complexity index is 1320. The van der Waals surface area contributed by atoms with Gasteiger partial charge in [0.1, 0.15) is 13.7 Å². The Balaban J connectivity index is 1.37. The van der Waals surface area contributed by atoms with E-state index in [1.807, 2.05) is 0 Å². The molecule has 0 spiro atoms. The molecule has 0 amide bonds. The summed E-state index contributed by atoms with van der Waals surface area (Å²) in [5.74, 6) is 1.41. The first-order valence-corrected chi connectivity index (χ1v) is 9.82. The zero-order chi connectivity index (χ0) is 21.7. The Kier molecular flexibility index (Phi) is 4.19. The summed E-state index contributed by atoms with van der Waals surface area (Å²) in [6.45, 7) is 4.40. The molecule has 9 heteroatoms. The third-order valence-corrected chi connectivity index (χ3v) is 5.55. The first kappa shape index (κ1) is 17.5. The number of fused-ring (bicyclic) bond motifs is 1. The van der Waals surface area contributed by atoms with E-state index in [0.717, 1.165) is 12.0 Å². The SMILES string of the molecule is [2H]c1nc2nc(C)n(Cc3nc([C@@H]4CO[C@@H](c5ccc(C)cc5)C4)no3)c(=O)c2n1C. The minimum absolute atomic E-state index is 0.00734. The Morgan fingerprint density at radius 2 is 2.03 bits per heavy atom. The van der Waals surface area contributed by atoms with Crippen LogP contribution in [0.25, 0.3) is 11.2 Å². The fraction of sp³-hybridized carbons (Fsp3) is 0.381. The smallest absolute Gasteiger partial charge is 0.280 e. The van der Waals surface area contributed by atoms with Gasteiger partial charge in [0.25, 0.3) is 5.56 Å². The molecule has 9 nitrogen and oxygen atoms in total. The first-order chi connectivity index (χ1) is 14.9. The minimum Gasteiger partial charge on any atom is -0.373 e. The number of hydrogen-bond acceptors (Lipinski definition) is 7. The van der Waals surface area contributed by atoms with E-state index >= 15 is 0 Å². The summed E-state index contributed by atoms with van der Waals surface area (Å²) < 4.78 is 22.1. The number of ether oxygens (including phenoxy) is 1. The highest BCUT2D eigenvalue weighted by atomic mass is 16.5. The summed E-state index contributed by atoms with van der Waals surface area (Å²) in [5.41, 5.74) is 2.61. The highest BCUT2D eigenvalue weighted by Crippen LogP contribution is 2.37. The zero-order valence-electron chi connectivity index (χ0n) is 18.0. The maximum atomic E-state index is 12.9. The van der Waals surface area contributed by atoms with Gasteiger partial charge in [0, 0.05) is 13.0 Å². The second kappa shape index (κ2) is 7.17. The summed E-state index contributed by atoms with van der Waals surface area (Å²) in [4.78, 5) is 25.8. The maximum absolute atomic E-state index is 12.9. The molecule has 2 atom stereocenters. The normalized spacial score (nSPS) is 19.5. The predicted octanol–water partition coefficient (Wildman–Crippen LogP) is 2.42. The number of imidazole rings is 1. The van der Waals surface area contributed by atoms with Crippen LogP contribution in [0.5, 0.6) is 0 Å². The van der Waals surface area contributed by atoms with E-state index in [0.29, 0.717) is 24.1 Å². The Morgan fingerprint density at radius 3 is 2.83 bits per heavy atom. The lowest BCUT2D eigenvalue weighted by molar-refractivity contribution is 0.110. The summed E-state index contributed by atoms with van der Waals surface area (Å²) in [6, 6.07) is 8.33. The second-order valence-corrected chi connectivity index (χ2v) is 7.70. The molecule has 1 aliphatic heterocycles. The van der Waals surface area contributed by atoms with Crippen molar-refractivity contribution in [1.82, 2.24) is 29.2 Å². The van der Waals surface area contributed by atoms with Crippen LogP contribution in [0.3, 0.4) is 0 Å². The van der Waals surface area contributed by atoms with Crippen LogP contribution in [0.4, 0.5) is 0 Å². The maximum Gasteiger partial charge on any atom is 0.280 e. The second-order valence-electron chi connectivity index (χ2n) is 7.70. The molecule has 0 bridgehead atoms. The summed E-state index contributed by atoms with van der Waals surface area (Å²) in [6.07, 6.45) is 0.768. The molecule has 1 aliphatic rings. The van der Waals surface area contributed by atoms with E-state index < -0.39 is 0 Å². The Hall–Kier alpha value is -3.33. The molecule has 3 aromatic heterocycles. The number of benzene rings is 1. The molecule has 5 rings (SSSR count). The predicted molar refractivity (Wildman–Crippen MR) is 108 cm³/mol. The van der Waals surface area contributed by atoms with E-state index in [-0.39, 0.29) is 41.6 Å². The molecular weight excluding hydrogens is 384 g/mol. The molecule has 154 valence electrons. The van der Waals surface area contributed by atoms with Gasteiger partial charge in [-0.1, -0.05) is 35.0 Å². The van der Waals surface area contributed by atoms with Crippen LogP contribution in [-0.2, 0) is 18.3 Å². The zero-order valence-corrected chi connectivity index (χ0v) is 17.0. The third-order valence-electron chi connectivity index (χ3n) is 5.55. The monoisotopic (exact) mass is 407 g/mol. The molecule has 1 saturated heterocycles. The average Bonchev–Trinajstić information content (AvgIpc) is 3.46. The molecule has 1 fully saturated rings. The van der Waals surface area contributed by atoms with E-state index in [9.17, 15) is 4.79 Å². The van der Waals surface area contributed by atoms with Crippen LogP contribution < -0.4 is 5.56 Å². The number of hydrogen-bond donors (Lipinski definition) is 0. The van der Waals surface area contributed by atoms with Crippen molar-refractivity contribution in [2.75, 3.05) is 6.61 Å². The van der Waals surface area contributed by atoms with E-state index in [1.165, 1.54) is 14.7 Å². The minimum atomic E-state index is -0.292. The number of nitrogens with zero attached hydrogens (tertiary/aromatic N) is 6. The summed E-state index contributed by atoms with van der Waals surface area (Å²) >= 11 is 0. The van der Waals surface area contributed by atoms with Gasteiger partial charge in [-0.25, -0.2) is 9.97 Å². The van der Waals surface area contributed by atoms with Crippen molar-refractivity contribution in [1.29, 1.82) is 0 Å². The Labute approximate surface area is 173 Å². The Morgan fingerprint density at radius 1 is 1.23 bits per heavy atom. The standard InChI is InChI=1S/C21H22N6O3/c1-12-4-6-14(7-5-12)16-8-15(10-29-16)19-24-17(30-25-19)9-27-13(2)23-20-18(21(27)28)26(3)11-22-20/h4-7,11,15-16H,8-10H2,1-3H3/t15-,16+/m0/s1/i11D. The molecular formula is C21H22N6O3. The molecule has 0 saturated carbocycles. The molecule has 4 aromatic rings. The van der Waals surface area contributed by atoms with Crippen LogP contribution in [-0.4, -0.2) is 35.8 Å². The van der Waals surface area contributed by atoms with Crippen LogP contribution in [0.1, 0.15) is 48.5 Å². The first-order valence-electron chi connectivity index (χ1n) is 10.3.